The maximum Gasteiger partial charge on any atom is 0.133 e. The molecule has 1 aromatic carbocycles. The molecule has 2 rings (SSSR count). The molecule has 3 nitrogen and oxygen atoms in total. The SMILES string of the molecule is NCC(OCc1ccc(Br)cc1)c1ccco1. The Morgan fingerprint density at radius 1 is 1.24 bits per heavy atom. The highest BCUT2D eigenvalue weighted by Gasteiger charge is 2.12. The first-order chi connectivity index (χ1) is 8.29. The summed E-state index contributed by atoms with van der Waals surface area (Å²) in [4.78, 5) is 0. The highest BCUT2D eigenvalue weighted by molar-refractivity contribution is 9.10. The highest BCUT2D eigenvalue weighted by Crippen LogP contribution is 2.19. The number of rotatable bonds is 5. The molecule has 0 fully saturated rings. The summed E-state index contributed by atoms with van der Waals surface area (Å²) < 4.78 is 12.1. The van der Waals surface area contributed by atoms with Crippen LogP contribution in [0, 0.1) is 0 Å². The molecule has 1 heterocycles. The van der Waals surface area contributed by atoms with Gasteiger partial charge in [-0.25, -0.2) is 0 Å². The Hall–Kier alpha value is -1.10. The fourth-order valence-corrected chi connectivity index (χ4v) is 1.78. The molecular formula is C13H14BrNO2. The van der Waals surface area contributed by atoms with Crippen molar-refractivity contribution >= 4 is 15.9 Å². The van der Waals surface area contributed by atoms with E-state index in [1.807, 2.05) is 36.4 Å². The van der Waals surface area contributed by atoms with Crippen molar-refractivity contribution in [2.24, 2.45) is 5.73 Å². The van der Waals surface area contributed by atoms with Crippen LogP contribution in [0.3, 0.4) is 0 Å². The lowest BCUT2D eigenvalue weighted by Crippen LogP contribution is -2.15. The number of hydrogen-bond acceptors (Lipinski definition) is 3. The van der Waals surface area contributed by atoms with E-state index in [-0.39, 0.29) is 6.10 Å². The second-order valence-electron chi connectivity index (χ2n) is 3.68. The Kier molecular flexibility index (Phi) is 4.36. The minimum Gasteiger partial charge on any atom is -0.467 e. The normalized spacial score (nSPS) is 12.6. The number of furan rings is 1. The lowest BCUT2D eigenvalue weighted by Gasteiger charge is -2.13. The van der Waals surface area contributed by atoms with E-state index in [4.69, 9.17) is 14.9 Å². The van der Waals surface area contributed by atoms with Crippen molar-refractivity contribution in [1.82, 2.24) is 0 Å². The number of hydrogen-bond donors (Lipinski definition) is 1. The molecule has 90 valence electrons. The lowest BCUT2D eigenvalue weighted by atomic mass is 10.2. The van der Waals surface area contributed by atoms with E-state index in [2.05, 4.69) is 15.9 Å². The van der Waals surface area contributed by atoms with Gasteiger partial charge in [-0.1, -0.05) is 28.1 Å². The summed E-state index contributed by atoms with van der Waals surface area (Å²) in [5.41, 5.74) is 6.77. The second kappa shape index (κ2) is 6.00. The first-order valence-electron chi connectivity index (χ1n) is 5.39. The van der Waals surface area contributed by atoms with E-state index >= 15 is 0 Å². The quantitative estimate of drug-likeness (QED) is 0.921. The topological polar surface area (TPSA) is 48.4 Å². The molecule has 4 heteroatoms. The van der Waals surface area contributed by atoms with Crippen molar-refractivity contribution in [2.45, 2.75) is 12.7 Å². The van der Waals surface area contributed by atoms with Gasteiger partial charge in [0.15, 0.2) is 0 Å². The van der Waals surface area contributed by atoms with E-state index < -0.39 is 0 Å². The number of benzene rings is 1. The summed E-state index contributed by atoms with van der Waals surface area (Å²) in [6, 6.07) is 11.7. The largest absolute Gasteiger partial charge is 0.467 e. The first-order valence-corrected chi connectivity index (χ1v) is 6.18. The van der Waals surface area contributed by atoms with Gasteiger partial charge in [-0.3, -0.25) is 0 Å². The zero-order valence-corrected chi connectivity index (χ0v) is 10.9. The smallest absolute Gasteiger partial charge is 0.133 e. The molecule has 0 amide bonds. The number of nitrogens with two attached hydrogens (primary N) is 1. The van der Waals surface area contributed by atoms with Crippen LogP contribution in [-0.4, -0.2) is 6.54 Å². The highest BCUT2D eigenvalue weighted by atomic mass is 79.9. The van der Waals surface area contributed by atoms with Crippen LogP contribution in [0.15, 0.2) is 51.6 Å². The van der Waals surface area contributed by atoms with E-state index in [0.29, 0.717) is 13.2 Å². The monoisotopic (exact) mass is 295 g/mol. The van der Waals surface area contributed by atoms with E-state index in [1.54, 1.807) is 6.26 Å². The molecule has 0 saturated carbocycles. The fraction of sp³-hybridized carbons (Fsp3) is 0.231. The predicted molar refractivity (Wildman–Crippen MR) is 69.4 cm³/mol. The van der Waals surface area contributed by atoms with E-state index in [9.17, 15) is 0 Å². The third kappa shape index (κ3) is 3.43. The van der Waals surface area contributed by atoms with Crippen molar-refractivity contribution in [1.29, 1.82) is 0 Å². The predicted octanol–water partition coefficient (Wildman–Crippen LogP) is 3.26. The molecule has 0 bridgehead atoms. The Morgan fingerprint density at radius 3 is 2.59 bits per heavy atom. The van der Waals surface area contributed by atoms with Crippen molar-refractivity contribution in [2.75, 3.05) is 6.54 Å². The second-order valence-corrected chi connectivity index (χ2v) is 4.59. The van der Waals surface area contributed by atoms with Crippen LogP contribution < -0.4 is 5.73 Å². The molecule has 2 aromatic rings. The third-order valence-corrected chi connectivity index (χ3v) is 2.97. The van der Waals surface area contributed by atoms with Gasteiger partial charge in [0.25, 0.3) is 0 Å². The molecule has 1 aromatic heterocycles. The Labute approximate surface area is 109 Å². The van der Waals surface area contributed by atoms with Gasteiger partial charge in [-0.05, 0) is 29.8 Å². The maximum absolute atomic E-state index is 5.73. The summed E-state index contributed by atoms with van der Waals surface area (Å²) in [6.07, 6.45) is 1.44. The molecule has 0 radical (unpaired) electrons. The third-order valence-electron chi connectivity index (χ3n) is 2.44. The van der Waals surface area contributed by atoms with Crippen molar-refractivity contribution in [3.05, 3.63) is 58.5 Å². The molecule has 2 N–H and O–H groups in total. The Balaban J connectivity index is 1.94. The lowest BCUT2D eigenvalue weighted by molar-refractivity contribution is 0.0314. The average Bonchev–Trinajstić information content (AvgIpc) is 2.86. The van der Waals surface area contributed by atoms with Gasteiger partial charge in [0.1, 0.15) is 11.9 Å². The van der Waals surface area contributed by atoms with Gasteiger partial charge in [-0.2, -0.15) is 0 Å². The summed E-state index contributed by atoms with van der Waals surface area (Å²) in [6.45, 7) is 0.930. The van der Waals surface area contributed by atoms with Gasteiger partial charge in [0.2, 0.25) is 0 Å². The van der Waals surface area contributed by atoms with Crippen molar-refractivity contribution in [3.8, 4) is 0 Å². The Morgan fingerprint density at radius 2 is 2.00 bits per heavy atom. The standard InChI is InChI=1S/C13H14BrNO2/c14-11-5-3-10(4-6-11)9-17-13(8-15)12-2-1-7-16-12/h1-7,13H,8-9,15H2. The van der Waals surface area contributed by atoms with Crippen molar-refractivity contribution in [3.63, 3.8) is 0 Å². The molecule has 0 spiro atoms. The fourth-order valence-electron chi connectivity index (χ4n) is 1.52. The molecule has 0 aliphatic rings. The van der Waals surface area contributed by atoms with Gasteiger partial charge in [-0.15, -0.1) is 0 Å². The zero-order chi connectivity index (χ0) is 12.1. The molecule has 0 aliphatic heterocycles. The average molecular weight is 296 g/mol. The van der Waals surface area contributed by atoms with Crippen LogP contribution >= 0.6 is 15.9 Å². The van der Waals surface area contributed by atoms with Gasteiger partial charge in [0, 0.05) is 11.0 Å². The molecule has 0 aliphatic carbocycles. The van der Waals surface area contributed by atoms with Crippen molar-refractivity contribution < 1.29 is 9.15 Å². The zero-order valence-electron chi connectivity index (χ0n) is 9.30. The summed E-state index contributed by atoms with van der Waals surface area (Å²) in [5.74, 6) is 0.768. The van der Waals surface area contributed by atoms with Gasteiger partial charge in [0.05, 0.1) is 12.9 Å². The summed E-state index contributed by atoms with van der Waals surface area (Å²) in [7, 11) is 0. The van der Waals surface area contributed by atoms with E-state index in [1.165, 1.54) is 0 Å². The molecule has 1 atom stereocenters. The molecular weight excluding hydrogens is 282 g/mol. The van der Waals surface area contributed by atoms with Gasteiger partial charge < -0.3 is 14.9 Å². The van der Waals surface area contributed by atoms with Gasteiger partial charge >= 0.3 is 0 Å². The molecule has 0 saturated heterocycles. The first kappa shape index (κ1) is 12.4. The number of halogens is 1. The van der Waals surface area contributed by atoms with Crippen LogP contribution in [0.1, 0.15) is 17.4 Å². The summed E-state index contributed by atoms with van der Waals surface area (Å²) in [5, 5.41) is 0. The minimum absolute atomic E-state index is 0.186. The van der Waals surface area contributed by atoms with Crippen LogP contribution in [0.4, 0.5) is 0 Å². The van der Waals surface area contributed by atoms with Crippen LogP contribution in [-0.2, 0) is 11.3 Å². The minimum atomic E-state index is -0.186. The van der Waals surface area contributed by atoms with Crippen LogP contribution in [0.25, 0.3) is 0 Å². The maximum atomic E-state index is 5.73. The molecule has 17 heavy (non-hydrogen) atoms. The summed E-state index contributed by atoms with van der Waals surface area (Å²) >= 11 is 3.39. The Bertz CT molecular complexity index is 439. The van der Waals surface area contributed by atoms with E-state index in [0.717, 1.165) is 15.8 Å². The van der Waals surface area contributed by atoms with Crippen LogP contribution in [0.2, 0.25) is 0 Å². The number of ether oxygens (including phenoxy) is 1. The molecule has 1 unspecified atom stereocenters. The van der Waals surface area contributed by atoms with Crippen LogP contribution in [0.5, 0.6) is 0 Å².